The molecule has 12 nitrogen and oxygen atoms in total. The normalized spacial score (nSPS) is 26.9. The van der Waals surface area contributed by atoms with Crippen LogP contribution in [0.25, 0.3) is 0 Å². The van der Waals surface area contributed by atoms with Crippen molar-refractivity contribution >= 4 is 23.0 Å². The van der Waals surface area contributed by atoms with E-state index in [-0.39, 0.29) is 40.8 Å². The lowest BCUT2D eigenvalue weighted by Crippen LogP contribution is -2.52. The van der Waals surface area contributed by atoms with Crippen LogP contribution < -0.4 is 14.8 Å². The summed E-state index contributed by atoms with van der Waals surface area (Å²) in [5.41, 5.74) is -2.48. The largest absolute Gasteiger partial charge is 0.507 e. The molecule has 0 amide bonds. The number of Topliss-reactive ketones (excluding diaryl/α,β-unsaturated/α-hetero) is 1. The molecule has 3 aromatic carbocycles. The summed E-state index contributed by atoms with van der Waals surface area (Å²) in [6.07, 6.45) is -4.67. The number of ketones is 3. The third kappa shape index (κ3) is 4.98. The van der Waals surface area contributed by atoms with Crippen LogP contribution in [0.2, 0.25) is 0 Å². The highest BCUT2D eigenvalue weighted by molar-refractivity contribution is 6.31. The number of aromatic hydroxyl groups is 2. The third-order valence-corrected chi connectivity index (χ3v) is 9.20. The number of nitrogens with one attached hydrogen (secondary N) is 1. The summed E-state index contributed by atoms with van der Waals surface area (Å²) in [5.74, 6) is -2.65. The van der Waals surface area contributed by atoms with Gasteiger partial charge < -0.3 is 44.7 Å². The minimum Gasteiger partial charge on any atom is -0.507 e. The van der Waals surface area contributed by atoms with Crippen molar-refractivity contribution in [1.82, 2.24) is 0 Å². The van der Waals surface area contributed by atoms with Gasteiger partial charge in [-0.25, -0.2) is 0 Å². The molecule has 5 N–H and O–H groups in total. The average molecular weight is 634 g/mol. The van der Waals surface area contributed by atoms with Gasteiger partial charge in [-0.1, -0.05) is 24.3 Å². The summed E-state index contributed by atoms with van der Waals surface area (Å²) in [4.78, 5) is 40.3. The summed E-state index contributed by atoms with van der Waals surface area (Å²) in [6, 6.07) is 11.0. The van der Waals surface area contributed by atoms with Crippen LogP contribution in [0, 0.1) is 0 Å². The first-order valence-electron chi connectivity index (χ1n) is 14.9. The first kappa shape index (κ1) is 31.5. The number of carbonyl (C=O) groups excluding carboxylic acids is 3. The number of methoxy groups -OCH3 is 2. The minimum atomic E-state index is -2.03. The molecule has 1 aliphatic heterocycles. The van der Waals surface area contributed by atoms with Gasteiger partial charge in [-0.3, -0.25) is 14.4 Å². The Kier molecular flexibility index (Phi) is 8.01. The Bertz CT molecular complexity index is 1750. The summed E-state index contributed by atoms with van der Waals surface area (Å²) in [6.45, 7) is 2.85. The van der Waals surface area contributed by atoms with Crippen LogP contribution >= 0.6 is 0 Å². The maximum absolute atomic E-state index is 13.9. The van der Waals surface area contributed by atoms with Gasteiger partial charge in [0, 0.05) is 36.0 Å². The summed E-state index contributed by atoms with van der Waals surface area (Å²) in [5, 5.41) is 48.9. The lowest BCUT2D eigenvalue weighted by Gasteiger charge is -2.43. The van der Waals surface area contributed by atoms with Crippen molar-refractivity contribution in [3.8, 4) is 23.0 Å². The Morgan fingerprint density at radius 1 is 0.957 bits per heavy atom. The average Bonchev–Trinajstić information content (AvgIpc) is 3.03. The molecule has 2 aliphatic carbocycles. The number of aliphatic hydroxyl groups excluding tert-OH is 1. The zero-order valence-corrected chi connectivity index (χ0v) is 25.7. The van der Waals surface area contributed by atoms with Crippen LogP contribution in [0.3, 0.4) is 0 Å². The number of hydrogen-bond acceptors (Lipinski definition) is 12. The predicted molar refractivity (Wildman–Crippen MR) is 163 cm³/mol. The fourth-order valence-corrected chi connectivity index (χ4v) is 6.73. The number of rotatable bonds is 7. The highest BCUT2D eigenvalue weighted by atomic mass is 16.7. The van der Waals surface area contributed by atoms with Gasteiger partial charge in [-0.15, -0.1) is 0 Å². The molecule has 0 bridgehead atoms. The highest BCUT2D eigenvalue weighted by Gasteiger charge is 2.49. The predicted octanol–water partition coefficient (Wildman–Crippen LogP) is 3.19. The smallest absolute Gasteiger partial charge is 0.202 e. The number of hydrogen-bond donors (Lipinski definition) is 5. The van der Waals surface area contributed by atoms with E-state index >= 15 is 0 Å². The number of ether oxygens (including phenoxy) is 4. The molecule has 0 radical (unpaired) electrons. The van der Waals surface area contributed by atoms with Crippen LogP contribution in [-0.4, -0.2) is 82.1 Å². The van der Waals surface area contributed by atoms with E-state index in [2.05, 4.69) is 5.32 Å². The van der Waals surface area contributed by atoms with Gasteiger partial charge in [0.2, 0.25) is 5.78 Å². The summed E-state index contributed by atoms with van der Waals surface area (Å²) in [7, 11) is 2.87. The van der Waals surface area contributed by atoms with E-state index in [1.807, 2.05) is 12.1 Å². The van der Waals surface area contributed by atoms with E-state index < -0.39 is 82.6 Å². The van der Waals surface area contributed by atoms with E-state index in [4.69, 9.17) is 18.9 Å². The van der Waals surface area contributed by atoms with Gasteiger partial charge in [-0.2, -0.15) is 0 Å². The van der Waals surface area contributed by atoms with Gasteiger partial charge in [0.15, 0.2) is 17.9 Å². The van der Waals surface area contributed by atoms with Crippen molar-refractivity contribution in [3.05, 3.63) is 75.8 Å². The molecule has 1 fully saturated rings. The second-order valence-corrected chi connectivity index (χ2v) is 11.9. The molecular weight excluding hydrogens is 598 g/mol. The number of benzene rings is 3. The van der Waals surface area contributed by atoms with E-state index in [0.717, 1.165) is 0 Å². The molecule has 4 unspecified atom stereocenters. The lowest BCUT2D eigenvalue weighted by atomic mass is 9.72. The number of phenols is 2. The molecule has 0 saturated carbocycles. The van der Waals surface area contributed by atoms with E-state index in [9.17, 15) is 34.8 Å². The molecule has 0 aromatic heterocycles. The van der Waals surface area contributed by atoms with Gasteiger partial charge in [-0.05, 0) is 32.0 Å². The van der Waals surface area contributed by atoms with Crippen molar-refractivity contribution in [2.24, 2.45) is 0 Å². The number of anilines is 1. The molecular formula is C34H35NO11. The maximum Gasteiger partial charge on any atom is 0.202 e. The van der Waals surface area contributed by atoms with Crippen molar-refractivity contribution in [3.63, 3.8) is 0 Å². The highest BCUT2D eigenvalue weighted by Crippen LogP contribution is 2.52. The van der Waals surface area contributed by atoms with Gasteiger partial charge in [0.05, 0.1) is 54.8 Å². The standard InChI is InChI=1S/C34H35NO11/c1-15-29(37)20(35-19-9-5-6-10-21(19)43-3)12-24(45-15)46-23-14-34(42,16(2)36)13-18-26(23)33(41)28-27(31(18)39)30(38)17-8-7-11-22(44-4)25(17)32(28)40/h5-11,15,20,23-24,29,35,37,39,41-42H,12-14H2,1-4H3/t15?,20?,23-,24?,29?,34-/m0/s1. The topological polar surface area (TPSA) is 181 Å². The molecule has 3 aliphatic rings. The molecule has 6 rings (SSSR count). The Morgan fingerprint density at radius 2 is 1.63 bits per heavy atom. The Hall–Kier alpha value is -4.49. The quantitative estimate of drug-likeness (QED) is 0.188. The van der Waals surface area contributed by atoms with Gasteiger partial charge >= 0.3 is 0 Å². The minimum absolute atomic E-state index is 0.0197. The number of aliphatic hydroxyl groups is 2. The molecule has 6 atom stereocenters. The van der Waals surface area contributed by atoms with E-state index in [1.165, 1.54) is 39.3 Å². The van der Waals surface area contributed by atoms with Crippen LogP contribution in [0.5, 0.6) is 23.0 Å². The number of fused-ring (bicyclic) bond motifs is 3. The van der Waals surface area contributed by atoms with Gasteiger partial charge in [0.1, 0.15) is 34.7 Å². The Morgan fingerprint density at radius 3 is 2.33 bits per heavy atom. The molecule has 0 spiro atoms. The molecule has 12 heteroatoms. The molecule has 3 aromatic rings. The van der Waals surface area contributed by atoms with Crippen LogP contribution in [0.1, 0.15) is 75.8 Å². The number of phenolic OH excluding ortho intramolecular Hbond substituents is 2. The monoisotopic (exact) mass is 633 g/mol. The zero-order valence-electron chi connectivity index (χ0n) is 25.7. The summed E-state index contributed by atoms with van der Waals surface area (Å²) < 4.78 is 23.1. The third-order valence-electron chi connectivity index (χ3n) is 9.20. The molecule has 242 valence electrons. The molecule has 1 saturated heterocycles. The zero-order chi connectivity index (χ0) is 33.1. The number of carbonyl (C=O) groups is 3. The van der Waals surface area contributed by atoms with E-state index in [0.29, 0.717) is 11.4 Å². The van der Waals surface area contributed by atoms with Crippen molar-refractivity contribution < 1.29 is 53.8 Å². The van der Waals surface area contributed by atoms with Crippen molar-refractivity contribution in [2.45, 2.75) is 69.4 Å². The van der Waals surface area contributed by atoms with Crippen LogP contribution in [0.4, 0.5) is 5.69 Å². The van der Waals surface area contributed by atoms with E-state index in [1.54, 1.807) is 19.1 Å². The molecule has 1 heterocycles. The van der Waals surface area contributed by atoms with Gasteiger partial charge in [0.25, 0.3) is 0 Å². The van der Waals surface area contributed by atoms with Crippen LogP contribution in [-0.2, 0) is 20.7 Å². The number of para-hydroxylation sites is 2. The van der Waals surface area contributed by atoms with Crippen LogP contribution in [0.15, 0.2) is 42.5 Å². The van der Waals surface area contributed by atoms with Crippen molar-refractivity contribution in [1.29, 1.82) is 0 Å². The van der Waals surface area contributed by atoms with Crippen molar-refractivity contribution in [2.75, 3.05) is 19.5 Å². The summed E-state index contributed by atoms with van der Waals surface area (Å²) >= 11 is 0. The second kappa shape index (κ2) is 11.7. The first-order chi connectivity index (χ1) is 21.9. The Balaban J connectivity index is 1.42. The Labute approximate surface area is 264 Å². The molecule has 46 heavy (non-hydrogen) atoms. The fourth-order valence-electron chi connectivity index (χ4n) is 6.73. The lowest BCUT2D eigenvalue weighted by molar-refractivity contribution is -0.245. The fraction of sp³-hybridized carbons (Fsp3) is 0.382. The second-order valence-electron chi connectivity index (χ2n) is 11.9. The SMILES string of the molecule is COc1ccccc1NC1CC(O[C@H]2C[C@](O)(C(C)=O)Cc3c(O)c4c(c(O)c32)C(=O)c2c(OC)cccc2C4=O)OC(C)C1O. The maximum atomic E-state index is 13.9. The first-order valence-corrected chi connectivity index (χ1v) is 14.9.